The van der Waals surface area contributed by atoms with Crippen molar-refractivity contribution in [2.45, 2.75) is 0 Å². The van der Waals surface area contributed by atoms with Crippen LogP contribution in [0.1, 0.15) is 0 Å². The third-order valence-electron chi connectivity index (χ3n) is 0.909. The molecule has 0 atom stereocenters. The lowest BCUT2D eigenvalue weighted by Gasteiger charge is -2.05. The van der Waals surface area contributed by atoms with Crippen LogP contribution in [0.4, 0.5) is 5.95 Å². The standard InChI is InChI=1S/C4H4Cl2N3O3P.2ClH/c5-2-1-3(6)8-4(7-2)9-13(10,11)12;;/h1H,(H3,7,8,9,10,11,12);2*1H. The van der Waals surface area contributed by atoms with E-state index in [0.29, 0.717) is 0 Å². The van der Waals surface area contributed by atoms with Gasteiger partial charge < -0.3 is 9.79 Å². The van der Waals surface area contributed by atoms with Crippen LogP contribution in [-0.4, -0.2) is 19.8 Å². The van der Waals surface area contributed by atoms with Crippen LogP contribution in [0.3, 0.4) is 0 Å². The van der Waals surface area contributed by atoms with Crippen molar-refractivity contribution in [2.75, 3.05) is 5.09 Å². The first-order chi connectivity index (χ1) is 5.87. The monoisotopic (exact) mass is 315 g/mol. The Balaban J connectivity index is 0. The Labute approximate surface area is 107 Å². The molecule has 0 unspecified atom stereocenters. The molecule has 6 nitrogen and oxygen atoms in total. The van der Waals surface area contributed by atoms with E-state index in [4.69, 9.17) is 33.0 Å². The molecule has 1 heterocycles. The molecule has 0 saturated heterocycles. The molecule has 0 fully saturated rings. The van der Waals surface area contributed by atoms with Crippen LogP contribution in [0, 0.1) is 0 Å². The van der Waals surface area contributed by atoms with Gasteiger partial charge in [0.25, 0.3) is 0 Å². The molecular formula is C4H6Cl4N3O3P. The number of halogens is 4. The van der Waals surface area contributed by atoms with Gasteiger partial charge in [-0.15, -0.1) is 24.8 Å². The molecule has 0 saturated carbocycles. The first kappa shape index (κ1) is 17.6. The summed E-state index contributed by atoms with van der Waals surface area (Å²) in [5.41, 5.74) is 0. The van der Waals surface area contributed by atoms with E-state index in [-0.39, 0.29) is 41.1 Å². The minimum absolute atomic E-state index is 0. The van der Waals surface area contributed by atoms with Gasteiger partial charge in [0, 0.05) is 6.07 Å². The molecule has 3 N–H and O–H groups in total. The molecule has 1 rings (SSSR count). The molecule has 0 aliphatic carbocycles. The molecule has 0 radical (unpaired) electrons. The molecule has 0 aromatic carbocycles. The van der Waals surface area contributed by atoms with Gasteiger partial charge in [-0.1, -0.05) is 23.2 Å². The molecule has 0 aliphatic rings. The van der Waals surface area contributed by atoms with Gasteiger partial charge in [-0.25, -0.2) is 14.5 Å². The third kappa shape index (κ3) is 7.14. The van der Waals surface area contributed by atoms with Gasteiger partial charge in [0.15, 0.2) is 0 Å². The van der Waals surface area contributed by atoms with Crippen molar-refractivity contribution in [3.05, 3.63) is 16.4 Å². The zero-order valence-corrected chi connectivity index (χ0v) is 10.8. The highest BCUT2D eigenvalue weighted by molar-refractivity contribution is 7.53. The highest BCUT2D eigenvalue weighted by Gasteiger charge is 2.14. The number of hydrogen-bond donors (Lipinski definition) is 3. The van der Waals surface area contributed by atoms with Crippen LogP contribution in [0.2, 0.25) is 10.3 Å². The van der Waals surface area contributed by atoms with Gasteiger partial charge in [-0.3, -0.25) is 5.09 Å². The summed E-state index contributed by atoms with van der Waals surface area (Å²) < 4.78 is 10.4. The molecule has 15 heavy (non-hydrogen) atoms. The average Bonchev–Trinajstić information content (AvgIpc) is 1.78. The zero-order chi connectivity index (χ0) is 10.1. The predicted molar refractivity (Wildman–Crippen MR) is 62.2 cm³/mol. The minimum Gasteiger partial charge on any atom is -0.308 e. The smallest absolute Gasteiger partial charge is 0.308 e. The van der Waals surface area contributed by atoms with E-state index in [9.17, 15) is 4.57 Å². The molecule has 1 aromatic heterocycles. The van der Waals surface area contributed by atoms with E-state index in [0.717, 1.165) is 0 Å². The lowest BCUT2D eigenvalue weighted by atomic mass is 10.7. The fourth-order valence-electron chi connectivity index (χ4n) is 0.570. The Kier molecular flexibility index (Phi) is 7.86. The fourth-order valence-corrected chi connectivity index (χ4v) is 1.35. The number of nitrogens with zero attached hydrogens (tertiary/aromatic N) is 2. The molecule has 0 amide bonds. The molecular weight excluding hydrogens is 311 g/mol. The predicted octanol–water partition coefficient (Wildman–Crippen LogP) is 2.13. The van der Waals surface area contributed by atoms with Crippen LogP contribution in [0.15, 0.2) is 6.07 Å². The van der Waals surface area contributed by atoms with Crippen molar-refractivity contribution < 1.29 is 14.4 Å². The van der Waals surface area contributed by atoms with E-state index in [1.165, 1.54) is 6.07 Å². The maximum atomic E-state index is 10.4. The van der Waals surface area contributed by atoms with Crippen LogP contribution in [0.25, 0.3) is 0 Å². The van der Waals surface area contributed by atoms with Gasteiger partial charge >= 0.3 is 7.75 Å². The van der Waals surface area contributed by atoms with E-state index in [1.54, 1.807) is 5.09 Å². The number of aromatic nitrogens is 2. The normalized spacial score (nSPS) is 9.87. The highest BCUT2D eigenvalue weighted by Crippen LogP contribution is 2.34. The molecule has 0 aliphatic heterocycles. The highest BCUT2D eigenvalue weighted by atomic mass is 35.5. The summed E-state index contributed by atoms with van der Waals surface area (Å²) in [7, 11) is -4.42. The lowest BCUT2D eigenvalue weighted by Crippen LogP contribution is -2.00. The van der Waals surface area contributed by atoms with Crippen molar-refractivity contribution in [1.82, 2.24) is 9.97 Å². The maximum absolute atomic E-state index is 10.4. The van der Waals surface area contributed by atoms with Crippen LogP contribution < -0.4 is 5.09 Å². The summed E-state index contributed by atoms with van der Waals surface area (Å²) in [6.07, 6.45) is 0. The van der Waals surface area contributed by atoms with Crippen LogP contribution >= 0.6 is 55.8 Å². The second-order valence-corrected chi connectivity index (χ2v) is 4.08. The molecule has 11 heteroatoms. The van der Waals surface area contributed by atoms with Crippen molar-refractivity contribution in [2.24, 2.45) is 0 Å². The lowest BCUT2D eigenvalue weighted by molar-refractivity contribution is 0.380. The summed E-state index contributed by atoms with van der Waals surface area (Å²) in [5, 5.41) is 1.73. The average molecular weight is 317 g/mol. The minimum atomic E-state index is -4.42. The Bertz CT molecular complexity index is 352. The topological polar surface area (TPSA) is 95.3 Å². The summed E-state index contributed by atoms with van der Waals surface area (Å²) >= 11 is 10.9. The van der Waals surface area contributed by atoms with Crippen molar-refractivity contribution in [3.8, 4) is 0 Å². The van der Waals surface area contributed by atoms with Gasteiger partial charge in [-0.2, -0.15) is 0 Å². The fraction of sp³-hybridized carbons (Fsp3) is 0. The molecule has 0 bridgehead atoms. The maximum Gasteiger partial charge on any atom is 0.429 e. The number of hydrogen-bond acceptors (Lipinski definition) is 3. The van der Waals surface area contributed by atoms with E-state index < -0.39 is 7.75 Å². The largest absolute Gasteiger partial charge is 0.429 e. The van der Waals surface area contributed by atoms with Crippen molar-refractivity contribution >= 4 is 61.7 Å². The van der Waals surface area contributed by atoms with E-state index >= 15 is 0 Å². The summed E-state index contributed by atoms with van der Waals surface area (Å²) in [6.45, 7) is 0. The Morgan fingerprint density at radius 2 is 1.60 bits per heavy atom. The van der Waals surface area contributed by atoms with Gasteiger partial charge in [0.1, 0.15) is 10.3 Å². The summed E-state index contributed by atoms with van der Waals surface area (Å²) in [4.78, 5) is 23.9. The van der Waals surface area contributed by atoms with Gasteiger partial charge in [-0.05, 0) is 0 Å². The number of rotatable bonds is 2. The SMILES string of the molecule is Cl.Cl.O=P(O)(O)Nc1nc(Cl)cc(Cl)n1. The number of anilines is 1. The van der Waals surface area contributed by atoms with Crippen molar-refractivity contribution in [1.29, 1.82) is 0 Å². The zero-order valence-electron chi connectivity index (χ0n) is 6.79. The second kappa shape index (κ2) is 6.70. The van der Waals surface area contributed by atoms with Crippen LogP contribution in [0.5, 0.6) is 0 Å². The first-order valence-electron chi connectivity index (χ1n) is 2.91. The van der Waals surface area contributed by atoms with Crippen molar-refractivity contribution in [3.63, 3.8) is 0 Å². The molecule has 88 valence electrons. The molecule has 1 aromatic rings. The summed E-state index contributed by atoms with van der Waals surface area (Å²) in [5.74, 6) is -0.314. The Morgan fingerprint density at radius 3 is 1.93 bits per heavy atom. The Hall–Kier alpha value is 0.190. The Morgan fingerprint density at radius 1 is 1.20 bits per heavy atom. The number of nitrogens with one attached hydrogen (secondary N) is 1. The van der Waals surface area contributed by atoms with Crippen LogP contribution in [-0.2, 0) is 4.57 Å². The first-order valence-corrected chi connectivity index (χ1v) is 5.27. The van der Waals surface area contributed by atoms with Gasteiger partial charge in [0.2, 0.25) is 5.95 Å². The quantitative estimate of drug-likeness (QED) is 0.571. The van der Waals surface area contributed by atoms with E-state index in [2.05, 4.69) is 9.97 Å². The summed E-state index contributed by atoms with van der Waals surface area (Å²) in [6, 6.07) is 1.24. The van der Waals surface area contributed by atoms with E-state index in [1.807, 2.05) is 0 Å². The van der Waals surface area contributed by atoms with Gasteiger partial charge in [0.05, 0.1) is 0 Å². The third-order valence-corrected chi connectivity index (χ3v) is 1.79. The second-order valence-electron chi connectivity index (χ2n) is 1.99. The molecule has 0 spiro atoms.